The topological polar surface area (TPSA) is 21.3 Å². The molecule has 1 fully saturated rings. The van der Waals surface area contributed by atoms with Crippen LogP contribution in [0.15, 0.2) is 30.3 Å². The zero-order chi connectivity index (χ0) is 9.10. The van der Waals surface area contributed by atoms with Crippen LogP contribution in [0, 0.1) is 0 Å². The average molecular weight is 193 g/mol. The van der Waals surface area contributed by atoms with Gasteiger partial charge in [-0.1, -0.05) is 42.5 Å². The van der Waals surface area contributed by atoms with Gasteiger partial charge in [-0.25, -0.2) is 0 Å². The summed E-state index contributed by atoms with van der Waals surface area (Å²) in [6, 6.07) is 10.4. The van der Waals surface area contributed by atoms with Crippen molar-refractivity contribution in [3.05, 3.63) is 35.9 Å². The molecule has 1 aliphatic rings. The van der Waals surface area contributed by atoms with Gasteiger partial charge in [0, 0.05) is 0 Å². The molecule has 0 aromatic heterocycles. The molecule has 1 aromatic rings. The van der Waals surface area contributed by atoms with Crippen LogP contribution in [0.1, 0.15) is 11.6 Å². The van der Waals surface area contributed by atoms with E-state index < -0.39 is 0 Å². The Labute approximate surface area is 82.9 Å². The monoisotopic (exact) mass is 193 g/mol. The van der Waals surface area contributed by atoms with Crippen molar-refractivity contribution in [3.8, 4) is 0 Å². The molecule has 1 saturated heterocycles. The van der Waals surface area contributed by atoms with Gasteiger partial charge in [0.15, 0.2) is 0 Å². The van der Waals surface area contributed by atoms with E-state index in [4.69, 9.17) is 17.0 Å². The molecule has 2 rings (SSSR count). The number of thiocarbonyl (C=S) groups is 1. The maximum Gasteiger partial charge on any atom is 0.102 e. The standard InChI is InChI=1S/C10H11NOS/c13-10-7-12-6-9(11-10)8-4-2-1-3-5-8/h1-5,9H,6-7H2,(H,11,13). The van der Waals surface area contributed by atoms with Crippen molar-refractivity contribution in [3.63, 3.8) is 0 Å². The van der Waals surface area contributed by atoms with Crippen LogP contribution in [0.25, 0.3) is 0 Å². The highest BCUT2D eigenvalue weighted by Crippen LogP contribution is 2.15. The molecule has 1 aliphatic heterocycles. The number of hydrogen-bond donors (Lipinski definition) is 1. The lowest BCUT2D eigenvalue weighted by molar-refractivity contribution is 0.131. The lowest BCUT2D eigenvalue weighted by Crippen LogP contribution is -2.38. The summed E-state index contributed by atoms with van der Waals surface area (Å²) in [5.74, 6) is 0. The third-order valence-electron chi connectivity index (χ3n) is 2.05. The molecule has 0 aliphatic carbocycles. The minimum absolute atomic E-state index is 0.224. The predicted molar refractivity (Wildman–Crippen MR) is 55.7 cm³/mol. The van der Waals surface area contributed by atoms with E-state index in [0.717, 1.165) is 4.99 Å². The lowest BCUT2D eigenvalue weighted by Gasteiger charge is -2.25. The zero-order valence-electron chi connectivity index (χ0n) is 7.19. The molecule has 2 nitrogen and oxygen atoms in total. The van der Waals surface area contributed by atoms with Crippen molar-refractivity contribution in [1.29, 1.82) is 0 Å². The normalized spacial score (nSPS) is 22.5. The molecule has 3 heteroatoms. The molecule has 1 unspecified atom stereocenters. The summed E-state index contributed by atoms with van der Waals surface area (Å²) in [7, 11) is 0. The van der Waals surface area contributed by atoms with Crippen LogP contribution < -0.4 is 5.32 Å². The zero-order valence-corrected chi connectivity index (χ0v) is 8.01. The summed E-state index contributed by atoms with van der Waals surface area (Å²) >= 11 is 5.05. The Morgan fingerprint density at radius 1 is 1.31 bits per heavy atom. The quantitative estimate of drug-likeness (QED) is 0.686. The first-order chi connectivity index (χ1) is 6.36. The Hall–Kier alpha value is -0.930. The van der Waals surface area contributed by atoms with E-state index >= 15 is 0 Å². The van der Waals surface area contributed by atoms with E-state index in [-0.39, 0.29) is 6.04 Å². The maximum absolute atomic E-state index is 5.35. The SMILES string of the molecule is S=C1COCC(c2ccccc2)N1. The van der Waals surface area contributed by atoms with Gasteiger partial charge in [0.05, 0.1) is 19.3 Å². The number of nitrogens with one attached hydrogen (secondary N) is 1. The lowest BCUT2D eigenvalue weighted by atomic mass is 10.1. The van der Waals surface area contributed by atoms with Crippen LogP contribution >= 0.6 is 12.2 Å². The van der Waals surface area contributed by atoms with Crippen molar-refractivity contribution >= 4 is 17.2 Å². The number of ether oxygens (including phenoxy) is 1. The molecule has 0 saturated carbocycles. The van der Waals surface area contributed by atoms with Crippen molar-refractivity contribution in [2.45, 2.75) is 6.04 Å². The van der Waals surface area contributed by atoms with Gasteiger partial charge < -0.3 is 10.1 Å². The van der Waals surface area contributed by atoms with Gasteiger partial charge in [-0.3, -0.25) is 0 Å². The second kappa shape index (κ2) is 3.85. The van der Waals surface area contributed by atoms with Gasteiger partial charge >= 0.3 is 0 Å². The Balaban J connectivity index is 2.13. The van der Waals surface area contributed by atoms with Crippen LogP contribution in [0.3, 0.4) is 0 Å². The van der Waals surface area contributed by atoms with E-state index in [1.165, 1.54) is 5.56 Å². The van der Waals surface area contributed by atoms with Crippen LogP contribution in [0.5, 0.6) is 0 Å². The van der Waals surface area contributed by atoms with E-state index in [9.17, 15) is 0 Å². The highest BCUT2D eigenvalue weighted by molar-refractivity contribution is 7.80. The van der Waals surface area contributed by atoms with Crippen molar-refractivity contribution in [2.75, 3.05) is 13.2 Å². The molecule has 0 spiro atoms. The molecule has 1 N–H and O–H groups in total. The van der Waals surface area contributed by atoms with E-state index in [1.807, 2.05) is 18.2 Å². The van der Waals surface area contributed by atoms with Crippen LogP contribution in [0.2, 0.25) is 0 Å². The molecule has 68 valence electrons. The first kappa shape index (κ1) is 8.66. The maximum atomic E-state index is 5.35. The summed E-state index contributed by atoms with van der Waals surface area (Å²) in [6.07, 6.45) is 0. The minimum atomic E-state index is 0.224. The first-order valence-corrected chi connectivity index (χ1v) is 4.69. The third kappa shape index (κ3) is 2.05. The fourth-order valence-electron chi connectivity index (χ4n) is 1.41. The van der Waals surface area contributed by atoms with Crippen molar-refractivity contribution in [1.82, 2.24) is 5.32 Å². The predicted octanol–water partition coefficient (Wildman–Crippen LogP) is 1.67. The fraction of sp³-hybridized carbons (Fsp3) is 0.300. The summed E-state index contributed by atoms with van der Waals surface area (Å²) < 4.78 is 5.35. The molecule has 1 aromatic carbocycles. The van der Waals surface area contributed by atoms with Gasteiger partial charge in [0.2, 0.25) is 0 Å². The number of morpholine rings is 1. The highest BCUT2D eigenvalue weighted by atomic mass is 32.1. The molecule has 0 radical (unpaired) electrons. The summed E-state index contributed by atoms with van der Waals surface area (Å²) in [5, 5.41) is 3.24. The molecule has 0 bridgehead atoms. The molecular weight excluding hydrogens is 182 g/mol. The smallest absolute Gasteiger partial charge is 0.102 e. The minimum Gasteiger partial charge on any atom is -0.372 e. The molecule has 1 atom stereocenters. The second-order valence-corrected chi connectivity index (χ2v) is 3.54. The number of benzene rings is 1. The Morgan fingerprint density at radius 3 is 2.77 bits per heavy atom. The van der Waals surface area contributed by atoms with Gasteiger partial charge in [-0.15, -0.1) is 0 Å². The largest absolute Gasteiger partial charge is 0.372 e. The molecular formula is C10H11NOS. The average Bonchev–Trinajstić information content (AvgIpc) is 2.19. The van der Waals surface area contributed by atoms with Gasteiger partial charge in [0.1, 0.15) is 4.99 Å². The van der Waals surface area contributed by atoms with Gasteiger partial charge in [0.25, 0.3) is 0 Å². The Bertz CT molecular complexity index is 299. The Morgan fingerprint density at radius 2 is 2.08 bits per heavy atom. The van der Waals surface area contributed by atoms with Gasteiger partial charge in [-0.2, -0.15) is 0 Å². The van der Waals surface area contributed by atoms with Crippen molar-refractivity contribution in [2.24, 2.45) is 0 Å². The van der Waals surface area contributed by atoms with Crippen LogP contribution in [0.4, 0.5) is 0 Å². The molecule has 0 amide bonds. The highest BCUT2D eigenvalue weighted by Gasteiger charge is 2.17. The first-order valence-electron chi connectivity index (χ1n) is 4.28. The number of hydrogen-bond acceptors (Lipinski definition) is 2. The third-order valence-corrected chi connectivity index (χ3v) is 2.29. The van der Waals surface area contributed by atoms with E-state index in [1.54, 1.807) is 0 Å². The van der Waals surface area contributed by atoms with E-state index in [2.05, 4.69) is 17.4 Å². The van der Waals surface area contributed by atoms with Gasteiger partial charge in [-0.05, 0) is 5.56 Å². The fourth-order valence-corrected chi connectivity index (χ4v) is 1.64. The van der Waals surface area contributed by atoms with Crippen LogP contribution in [-0.2, 0) is 4.74 Å². The van der Waals surface area contributed by atoms with Crippen LogP contribution in [-0.4, -0.2) is 18.2 Å². The summed E-state index contributed by atoms with van der Waals surface area (Å²) in [6.45, 7) is 1.25. The van der Waals surface area contributed by atoms with Crippen molar-refractivity contribution < 1.29 is 4.74 Å². The number of rotatable bonds is 1. The second-order valence-electron chi connectivity index (χ2n) is 3.05. The van der Waals surface area contributed by atoms with E-state index in [0.29, 0.717) is 13.2 Å². The summed E-state index contributed by atoms with van der Waals surface area (Å²) in [4.78, 5) is 0.792. The Kier molecular flexibility index (Phi) is 2.57. The summed E-state index contributed by atoms with van der Waals surface area (Å²) in [5.41, 5.74) is 1.23. The molecule has 1 heterocycles. The molecule has 13 heavy (non-hydrogen) atoms.